The van der Waals surface area contributed by atoms with Crippen molar-refractivity contribution < 1.29 is 5.11 Å². The molecular formula is C9H12ClNO. The average molecular weight is 186 g/mol. The largest absolute Gasteiger partial charge is 0.387 e. The monoisotopic (exact) mass is 185 g/mol. The Bertz CT molecular complexity index is 252. The molecule has 12 heavy (non-hydrogen) atoms. The summed E-state index contributed by atoms with van der Waals surface area (Å²) in [7, 11) is 0. The van der Waals surface area contributed by atoms with E-state index in [1.54, 1.807) is 18.3 Å². The zero-order valence-corrected chi connectivity index (χ0v) is 7.75. The lowest BCUT2D eigenvalue weighted by molar-refractivity contribution is 0.162. The van der Waals surface area contributed by atoms with E-state index in [2.05, 4.69) is 4.98 Å². The van der Waals surface area contributed by atoms with Crippen LogP contribution in [0.15, 0.2) is 18.3 Å². The van der Waals surface area contributed by atoms with Crippen LogP contribution in [0.25, 0.3) is 0 Å². The normalized spacial score (nSPS) is 12.9. The molecule has 0 aliphatic heterocycles. The first-order valence-corrected chi connectivity index (χ1v) is 4.42. The van der Waals surface area contributed by atoms with Gasteiger partial charge < -0.3 is 5.11 Å². The molecular weight excluding hydrogens is 174 g/mol. The fourth-order valence-corrected chi connectivity index (χ4v) is 1.30. The van der Waals surface area contributed by atoms with E-state index < -0.39 is 6.10 Å². The Morgan fingerprint density at radius 1 is 1.67 bits per heavy atom. The maximum absolute atomic E-state index is 9.55. The van der Waals surface area contributed by atoms with Gasteiger partial charge in [-0.3, -0.25) is 4.98 Å². The van der Waals surface area contributed by atoms with Crippen LogP contribution < -0.4 is 0 Å². The Morgan fingerprint density at radius 3 is 3.00 bits per heavy atom. The number of hydrogen-bond acceptors (Lipinski definition) is 2. The number of rotatable bonds is 3. The van der Waals surface area contributed by atoms with E-state index in [4.69, 9.17) is 11.6 Å². The lowest BCUT2D eigenvalue weighted by Crippen LogP contribution is -2.00. The second kappa shape index (κ2) is 4.43. The van der Waals surface area contributed by atoms with Crippen LogP contribution in [0.2, 0.25) is 5.02 Å². The van der Waals surface area contributed by atoms with Crippen LogP contribution in [0, 0.1) is 0 Å². The van der Waals surface area contributed by atoms with Gasteiger partial charge in [0.15, 0.2) is 0 Å². The molecule has 1 heterocycles. The van der Waals surface area contributed by atoms with Gasteiger partial charge in [-0.05, 0) is 18.6 Å². The quantitative estimate of drug-likeness (QED) is 0.785. The minimum atomic E-state index is -0.524. The van der Waals surface area contributed by atoms with Gasteiger partial charge in [0, 0.05) is 6.20 Å². The molecule has 0 bridgehead atoms. The Balaban J connectivity index is 2.79. The standard InChI is InChI=1S/C9H12ClNO/c1-2-4-8(12)9-7(10)5-3-6-11-9/h3,5-6,8,12H,2,4H2,1H3/t8-/m1/s1. The summed E-state index contributed by atoms with van der Waals surface area (Å²) in [5.74, 6) is 0. The van der Waals surface area contributed by atoms with Crippen molar-refractivity contribution in [3.63, 3.8) is 0 Å². The van der Waals surface area contributed by atoms with Crippen molar-refractivity contribution in [3.8, 4) is 0 Å². The van der Waals surface area contributed by atoms with Crippen molar-refractivity contribution in [1.29, 1.82) is 0 Å². The summed E-state index contributed by atoms with van der Waals surface area (Å²) in [6, 6.07) is 3.49. The molecule has 0 amide bonds. The van der Waals surface area contributed by atoms with Gasteiger partial charge in [-0.15, -0.1) is 0 Å². The van der Waals surface area contributed by atoms with Crippen molar-refractivity contribution in [2.45, 2.75) is 25.9 Å². The third-order valence-electron chi connectivity index (χ3n) is 1.66. The summed E-state index contributed by atoms with van der Waals surface area (Å²) < 4.78 is 0. The minimum absolute atomic E-state index is 0.524. The van der Waals surface area contributed by atoms with E-state index in [0.29, 0.717) is 17.1 Å². The third-order valence-corrected chi connectivity index (χ3v) is 1.98. The van der Waals surface area contributed by atoms with Gasteiger partial charge in [0.25, 0.3) is 0 Å². The second-order valence-electron chi connectivity index (χ2n) is 2.67. The summed E-state index contributed by atoms with van der Waals surface area (Å²) in [4.78, 5) is 4.01. The molecule has 1 aromatic rings. The first kappa shape index (κ1) is 9.49. The maximum Gasteiger partial charge on any atom is 0.0974 e. The van der Waals surface area contributed by atoms with Crippen molar-refractivity contribution in [1.82, 2.24) is 4.98 Å². The Hall–Kier alpha value is -0.600. The van der Waals surface area contributed by atoms with E-state index in [0.717, 1.165) is 6.42 Å². The Kier molecular flexibility index (Phi) is 3.50. The number of aromatic nitrogens is 1. The molecule has 3 heteroatoms. The van der Waals surface area contributed by atoms with Gasteiger partial charge in [-0.25, -0.2) is 0 Å². The first-order valence-electron chi connectivity index (χ1n) is 4.04. The summed E-state index contributed by atoms with van der Waals surface area (Å²) in [5, 5.41) is 10.1. The maximum atomic E-state index is 9.55. The van der Waals surface area contributed by atoms with Crippen LogP contribution in [-0.4, -0.2) is 10.1 Å². The zero-order chi connectivity index (χ0) is 8.97. The van der Waals surface area contributed by atoms with E-state index in [-0.39, 0.29) is 0 Å². The van der Waals surface area contributed by atoms with E-state index in [1.165, 1.54) is 0 Å². The highest BCUT2D eigenvalue weighted by molar-refractivity contribution is 6.31. The van der Waals surface area contributed by atoms with Crippen LogP contribution in [0.3, 0.4) is 0 Å². The molecule has 0 aromatic carbocycles. The number of aliphatic hydroxyl groups excluding tert-OH is 1. The summed E-state index contributed by atoms with van der Waals surface area (Å²) in [6.07, 6.45) is 2.74. The van der Waals surface area contributed by atoms with Crippen molar-refractivity contribution in [2.24, 2.45) is 0 Å². The van der Waals surface area contributed by atoms with Crippen LogP contribution >= 0.6 is 11.6 Å². The molecule has 1 rings (SSSR count). The fourth-order valence-electron chi connectivity index (χ4n) is 1.05. The van der Waals surface area contributed by atoms with E-state index in [9.17, 15) is 5.11 Å². The zero-order valence-electron chi connectivity index (χ0n) is 7.00. The molecule has 0 spiro atoms. The SMILES string of the molecule is CCC[C@@H](O)c1ncccc1Cl. The molecule has 0 aliphatic rings. The highest BCUT2D eigenvalue weighted by atomic mass is 35.5. The van der Waals surface area contributed by atoms with Crippen molar-refractivity contribution >= 4 is 11.6 Å². The summed E-state index contributed by atoms with van der Waals surface area (Å²) >= 11 is 5.83. The van der Waals surface area contributed by atoms with Gasteiger partial charge in [0.05, 0.1) is 16.8 Å². The highest BCUT2D eigenvalue weighted by Gasteiger charge is 2.10. The Labute approximate surface area is 77.2 Å². The average Bonchev–Trinajstić information content (AvgIpc) is 2.05. The number of aliphatic hydroxyl groups is 1. The van der Waals surface area contributed by atoms with Gasteiger partial charge in [-0.1, -0.05) is 24.9 Å². The van der Waals surface area contributed by atoms with Crippen LogP contribution in [0.5, 0.6) is 0 Å². The second-order valence-corrected chi connectivity index (χ2v) is 3.08. The molecule has 0 saturated carbocycles. The number of halogens is 1. The van der Waals surface area contributed by atoms with E-state index >= 15 is 0 Å². The van der Waals surface area contributed by atoms with Crippen molar-refractivity contribution in [2.75, 3.05) is 0 Å². The van der Waals surface area contributed by atoms with Crippen LogP contribution in [0.1, 0.15) is 31.6 Å². The predicted molar refractivity (Wildman–Crippen MR) is 49.1 cm³/mol. The fraction of sp³-hybridized carbons (Fsp3) is 0.444. The lowest BCUT2D eigenvalue weighted by Gasteiger charge is -2.09. The van der Waals surface area contributed by atoms with Gasteiger partial charge in [0.1, 0.15) is 0 Å². The van der Waals surface area contributed by atoms with Crippen molar-refractivity contribution in [3.05, 3.63) is 29.0 Å². The molecule has 0 fully saturated rings. The summed E-state index contributed by atoms with van der Waals surface area (Å²) in [5.41, 5.74) is 0.584. The lowest BCUT2D eigenvalue weighted by atomic mass is 10.1. The highest BCUT2D eigenvalue weighted by Crippen LogP contribution is 2.22. The van der Waals surface area contributed by atoms with Gasteiger partial charge >= 0.3 is 0 Å². The topological polar surface area (TPSA) is 33.1 Å². The van der Waals surface area contributed by atoms with Gasteiger partial charge in [0.2, 0.25) is 0 Å². The first-order chi connectivity index (χ1) is 5.75. The number of hydrogen-bond donors (Lipinski definition) is 1. The molecule has 1 aromatic heterocycles. The van der Waals surface area contributed by atoms with Crippen LogP contribution in [0.4, 0.5) is 0 Å². The molecule has 66 valence electrons. The molecule has 1 atom stereocenters. The van der Waals surface area contributed by atoms with Crippen LogP contribution in [-0.2, 0) is 0 Å². The molecule has 0 aliphatic carbocycles. The Morgan fingerprint density at radius 2 is 2.42 bits per heavy atom. The minimum Gasteiger partial charge on any atom is -0.387 e. The molecule has 0 saturated heterocycles. The molecule has 0 unspecified atom stereocenters. The van der Waals surface area contributed by atoms with E-state index in [1.807, 2.05) is 6.92 Å². The smallest absolute Gasteiger partial charge is 0.0974 e. The molecule has 2 nitrogen and oxygen atoms in total. The van der Waals surface area contributed by atoms with Gasteiger partial charge in [-0.2, -0.15) is 0 Å². The molecule has 0 radical (unpaired) electrons. The number of pyridine rings is 1. The predicted octanol–water partition coefficient (Wildman–Crippen LogP) is 2.57. The third kappa shape index (κ3) is 2.19. The number of nitrogens with zero attached hydrogens (tertiary/aromatic N) is 1. The molecule has 1 N–H and O–H groups in total. The summed E-state index contributed by atoms with van der Waals surface area (Å²) in [6.45, 7) is 2.01.